The smallest absolute Gasteiger partial charge is 0.224 e. The Kier molecular flexibility index (Phi) is 2.99. The van der Waals surface area contributed by atoms with Crippen LogP contribution in [-0.4, -0.2) is 10.5 Å². The molecule has 98 valence electrons. The Balaban J connectivity index is 1.72. The van der Waals surface area contributed by atoms with Crippen LogP contribution in [0.4, 0.5) is 11.4 Å². The second-order valence-electron chi connectivity index (χ2n) is 4.88. The van der Waals surface area contributed by atoms with Crippen LogP contribution < -0.4 is 10.6 Å². The normalized spacial score (nSPS) is 13.8. The lowest BCUT2D eigenvalue weighted by Gasteiger charge is -2.18. The Morgan fingerprint density at radius 1 is 1.32 bits per heavy atom. The van der Waals surface area contributed by atoms with Crippen LogP contribution in [0.2, 0.25) is 0 Å². The molecule has 4 nitrogen and oxygen atoms in total. The van der Waals surface area contributed by atoms with Crippen LogP contribution in [0.5, 0.6) is 0 Å². The van der Waals surface area contributed by atoms with E-state index in [4.69, 9.17) is 0 Å². The topological polar surface area (TPSA) is 46.1 Å². The van der Waals surface area contributed by atoms with Crippen molar-refractivity contribution in [2.75, 3.05) is 10.6 Å². The molecule has 0 radical (unpaired) electrons. The summed E-state index contributed by atoms with van der Waals surface area (Å²) in [6, 6.07) is 10.2. The Morgan fingerprint density at radius 2 is 2.21 bits per heavy atom. The van der Waals surface area contributed by atoms with Gasteiger partial charge in [0.25, 0.3) is 0 Å². The number of amides is 1. The molecule has 2 aromatic rings. The summed E-state index contributed by atoms with van der Waals surface area (Å²) < 4.78 is 2.10. The third-order valence-corrected chi connectivity index (χ3v) is 3.53. The maximum Gasteiger partial charge on any atom is 0.224 e. The average molecular weight is 255 g/mol. The third-order valence-electron chi connectivity index (χ3n) is 3.53. The number of aromatic nitrogens is 1. The van der Waals surface area contributed by atoms with Gasteiger partial charge in [0.2, 0.25) is 5.91 Å². The summed E-state index contributed by atoms with van der Waals surface area (Å²) in [4.78, 5) is 11.3. The average Bonchev–Trinajstić information content (AvgIpc) is 2.82. The van der Waals surface area contributed by atoms with E-state index in [1.807, 2.05) is 31.4 Å². The molecule has 0 saturated heterocycles. The van der Waals surface area contributed by atoms with E-state index in [2.05, 4.69) is 27.3 Å². The standard InChI is InChI=1S/C15H17N3O/c1-18-8-2-3-13(18)10-16-12-5-6-14-11(9-12)4-7-15(19)17-14/h2-3,5-6,8-9,16H,4,7,10H2,1H3,(H,17,19). The van der Waals surface area contributed by atoms with E-state index in [0.717, 1.165) is 24.3 Å². The van der Waals surface area contributed by atoms with Crippen LogP contribution in [0.1, 0.15) is 17.7 Å². The number of aryl methyl sites for hydroxylation is 2. The van der Waals surface area contributed by atoms with Gasteiger partial charge in [0, 0.05) is 36.7 Å². The van der Waals surface area contributed by atoms with Crippen LogP contribution in [0, 0.1) is 0 Å². The molecule has 1 aliphatic rings. The zero-order valence-corrected chi connectivity index (χ0v) is 10.9. The monoisotopic (exact) mass is 255 g/mol. The summed E-state index contributed by atoms with van der Waals surface area (Å²) in [5.74, 6) is 0.108. The molecule has 2 heterocycles. The van der Waals surface area contributed by atoms with Gasteiger partial charge < -0.3 is 15.2 Å². The Bertz CT molecular complexity index is 616. The molecular weight excluding hydrogens is 238 g/mol. The van der Waals surface area contributed by atoms with Crippen LogP contribution in [0.15, 0.2) is 36.5 Å². The summed E-state index contributed by atoms with van der Waals surface area (Å²) in [6.07, 6.45) is 3.44. The lowest BCUT2D eigenvalue weighted by atomic mass is 10.0. The molecule has 1 amide bonds. The first-order chi connectivity index (χ1) is 9.22. The quantitative estimate of drug-likeness (QED) is 0.885. The lowest BCUT2D eigenvalue weighted by molar-refractivity contribution is -0.116. The fourth-order valence-corrected chi connectivity index (χ4v) is 2.37. The Labute approximate surface area is 112 Å². The second-order valence-corrected chi connectivity index (χ2v) is 4.88. The number of hydrogen-bond donors (Lipinski definition) is 2. The molecule has 0 unspecified atom stereocenters. The van der Waals surface area contributed by atoms with Gasteiger partial charge in [-0.2, -0.15) is 0 Å². The fraction of sp³-hybridized carbons (Fsp3) is 0.267. The van der Waals surface area contributed by atoms with Crippen molar-refractivity contribution in [3.05, 3.63) is 47.8 Å². The van der Waals surface area contributed by atoms with E-state index in [9.17, 15) is 4.79 Å². The predicted molar refractivity (Wildman–Crippen MR) is 76.1 cm³/mol. The number of benzene rings is 1. The first kappa shape index (κ1) is 11.8. The molecule has 1 aromatic heterocycles. The van der Waals surface area contributed by atoms with E-state index in [1.165, 1.54) is 11.3 Å². The van der Waals surface area contributed by atoms with E-state index in [-0.39, 0.29) is 5.91 Å². The number of carbonyl (C=O) groups excluding carboxylic acids is 1. The number of nitrogens with zero attached hydrogens (tertiary/aromatic N) is 1. The van der Waals surface area contributed by atoms with Crippen molar-refractivity contribution in [2.24, 2.45) is 7.05 Å². The van der Waals surface area contributed by atoms with Crippen molar-refractivity contribution in [3.63, 3.8) is 0 Å². The third kappa shape index (κ3) is 2.47. The summed E-state index contributed by atoms with van der Waals surface area (Å²) in [7, 11) is 2.04. The number of fused-ring (bicyclic) bond motifs is 1. The van der Waals surface area contributed by atoms with Crippen molar-refractivity contribution in [1.82, 2.24) is 4.57 Å². The van der Waals surface area contributed by atoms with Gasteiger partial charge in [-0.25, -0.2) is 0 Å². The van der Waals surface area contributed by atoms with Gasteiger partial charge >= 0.3 is 0 Å². The summed E-state index contributed by atoms with van der Waals surface area (Å²) >= 11 is 0. The summed E-state index contributed by atoms with van der Waals surface area (Å²) in [5, 5.41) is 6.31. The minimum absolute atomic E-state index is 0.108. The zero-order valence-electron chi connectivity index (χ0n) is 10.9. The highest BCUT2D eigenvalue weighted by molar-refractivity contribution is 5.94. The molecular formula is C15H17N3O. The molecule has 4 heteroatoms. The Hall–Kier alpha value is -2.23. The Morgan fingerprint density at radius 3 is 3.00 bits per heavy atom. The SMILES string of the molecule is Cn1cccc1CNc1ccc2c(c1)CCC(=O)N2. The molecule has 19 heavy (non-hydrogen) atoms. The van der Waals surface area contributed by atoms with Gasteiger partial charge in [-0.15, -0.1) is 0 Å². The van der Waals surface area contributed by atoms with Crippen molar-refractivity contribution in [1.29, 1.82) is 0 Å². The highest BCUT2D eigenvalue weighted by Gasteiger charge is 2.14. The van der Waals surface area contributed by atoms with Gasteiger partial charge in [-0.1, -0.05) is 0 Å². The second kappa shape index (κ2) is 4.80. The predicted octanol–water partition coefficient (Wildman–Crippen LogP) is 2.52. The highest BCUT2D eigenvalue weighted by Crippen LogP contribution is 2.25. The van der Waals surface area contributed by atoms with Gasteiger partial charge in [-0.05, 0) is 42.3 Å². The fourth-order valence-electron chi connectivity index (χ4n) is 2.37. The number of rotatable bonds is 3. The zero-order chi connectivity index (χ0) is 13.2. The molecule has 0 bridgehead atoms. The van der Waals surface area contributed by atoms with Crippen LogP contribution in [0.3, 0.4) is 0 Å². The van der Waals surface area contributed by atoms with Crippen LogP contribution in [-0.2, 0) is 24.8 Å². The lowest BCUT2D eigenvalue weighted by Crippen LogP contribution is -2.19. The molecule has 2 N–H and O–H groups in total. The highest BCUT2D eigenvalue weighted by atomic mass is 16.1. The minimum Gasteiger partial charge on any atom is -0.379 e. The van der Waals surface area contributed by atoms with E-state index in [1.54, 1.807) is 0 Å². The molecule has 0 saturated carbocycles. The number of carbonyl (C=O) groups is 1. The number of hydrogen-bond acceptors (Lipinski definition) is 2. The molecule has 1 aromatic carbocycles. The van der Waals surface area contributed by atoms with E-state index < -0.39 is 0 Å². The molecule has 3 rings (SSSR count). The van der Waals surface area contributed by atoms with Crippen molar-refractivity contribution in [3.8, 4) is 0 Å². The van der Waals surface area contributed by atoms with Crippen molar-refractivity contribution in [2.45, 2.75) is 19.4 Å². The van der Waals surface area contributed by atoms with Crippen LogP contribution >= 0.6 is 0 Å². The largest absolute Gasteiger partial charge is 0.379 e. The molecule has 0 spiro atoms. The molecule has 0 fully saturated rings. The maximum absolute atomic E-state index is 11.3. The molecule has 0 aliphatic carbocycles. The first-order valence-electron chi connectivity index (χ1n) is 6.49. The summed E-state index contributed by atoms with van der Waals surface area (Å²) in [5.41, 5.74) is 4.49. The minimum atomic E-state index is 0.108. The van der Waals surface area contributed by atoms with Crippen molar-refractivity contribution >= 4 is 17.3 Å². The first-order valence-corrected chi connectivity index (χ1v) is 6.49. The van der Waals surface area contributed by atoms with Gasteiger partial charge in [0.05, 0.1) is 6.54 Å². The van der Waals surface area contributed by atoms with Gasteiger partial charge in [-0.3, -0.25) is 4.79 Å². The van der Waals surface area contributed by atoms with Crippen molar-refractivity contribution < 1.29 is 4.79 Å². The van der Waals surface area contributed by atoms with E-state index in [0.29, 0.717) is 6.42 Å². The summed E-state index contributed by atoms with van der Waals surface area (Å²) in [6.45, 7) is 0.800. The van der Waals surface area contributed by atoms with Gasteiger partial charge in [0.1, 0.15) is 0 Å². The van der Waals surface area contributed by atoms with Crippen LogP contribution in [0.25, 0.3) is 0 Å². The number of anilines is 2. The number of nitrogens with one attached hydrogen (secondary N) is 2. The molecule has 0 atom stereocenters. The maximum atomic E-state index is 11.3. The van der Waals surface area contributed by atoms with Gasteiger partial charge in [0.15, 0.2) is 0 Å². The van der Waals surface area contributed by atoms with E-state index >= 15 is 0 Å². The molecule has 1 aliphatic heterocycles.